The molecule has 0 N–H and O–H groups in total. The fourth-order valence-corrected chi connectivity index (χ4v) is 4.01. The second-order valence-corrected chi connectivity index (χ2v) is 8.06. The number of fused-ring (bicyclic) bond motifs is 3. The summed E-state index contributed by atoms with van der Waals surface area (Å²) in [5, 5.41) is 14.0. The molecule has 3 heterocycles. The number of aromatic nitrogens is 5. The lowest BCUT2D eigenvalue weighted by Crippen LogP contribution is -2.30. The van der Waals surface area contributed by atoms with E-state index in [4.69, 9.17) is 11.6 Å². The van der Waals surface area contributed by atoms with Crippen molar-refractivity contribution in [2.75, 3.05) is 0 Å². The molecule has 0 aliphatic carbocycles. The summed E-state index contributed by atoms with van der Waals surface area (Å²) < 4.78 is 1.75. The van der Waals surface area contributed by atoms with E-state index in [-0.39, 0.29) is 5.91 Å². The maximum Gasteiger partial charge on any atom is 0.256 e. The first-order valence-electron chi connectivity index (χ1n) is 10.1. The lowest BCUT2D eigenvalue weighted by atomic mass is 10.1. The molecule has 5 aromatic rings. The zero-order valence-corrected chi connectivity index (χ0v) is 18.1. The highest BCUT2D eigenvalue weighted by molar-refractivity contribution is 6.30. The standard InChI is InChI=1S/C24H19ClN6O/c1-16-4-2-5-18-12-20(23-27-28-29-31(23)22(16)18)15-30(14-17-7-9-21(25)10-8-17)24(32)19-6-3-11-26-13-19/h2-13H,14-15H2,1H3. The lowest BCUT2D eigenvalue weighted by Gasteiger charge is -2.23. The van der Waals surface area contributed by atoms with Crippen molar-refractivity contribution in [1.29, 1.82) is 0 Å². The van der Waals surface area contributed by atoms with Crippen LogP contribution in [0.15, 0.2) is 73.1 Å². The number of benzene rings is 2. The van der Waals surface area contributed by atoms with E-state index in [1.807, 2.05) is 49.4 Å². The molecule has 0 atom stereocenters. The molecule has 0 radical (unpaired) electrons. The number of pyridine rings is 2. The fraction of sp³-hybridized carbons (Fsp3) is 0.125. The van der Waals surface area contributed by atoms with Gasteiger partial charge in [-0.15, -0.1) is 5.10 Å². The predicted molar refractivity (Wildman–Crippen MR) is 122 cm³/mol. The largest absolute Gasteiger partial charge is 0.330 e. The van der Waals surface area contributed by atoms with E-state index in [1.54, 1.807) is 33.9 Å². The van der Waals surface area contributed by atoms with E-state index in [2.05, 4.69) is 26.6 Å². The van der Waals surface area contributed by atoms with Crippen LogP contribution in [-0.2, 0) is 13.1 Å². The van der Waals surface area contributed by atoms with Crippen LogP contribution in [0.2, 0.25) is 5.02 Å². The first-order chi connectivity index (χ1) is 15.6. The maximum absolute atomic E-state index is 13.4. The van der Waals surface area contributed by atoms with Crippen molar-refractivity contribution in [3.8, 4) is 0 Å². The quantitative estimate of drug-likeness (QED) is 0.401. The van der Waals surface area contributed by atoms with Crippen molar-refractivity contribution in [3.63, 3.8) is 0 Å². The summed E-state index contributed by atoms with van der Waals surface area (Å²) in [4.78, 5) is 19.3. The minimum absolute atomic E-state index is 0.122. The Morgan fingerprint density at radius 1 is 1.06 bits per heavy atom. The molecule has 7 nitrogen and oxygen atoms in total. The molecule has 2 aromatic carbocycles. The zero-order valence-electron chi connectivity index (χ0n) is 17.3. The van der Waals surface area contributed by atoms with Crippen LogP contribution in [0.25, 0.3) is 16.6 Å². The van der Waals surface area contributed by atoms with E-state index in [1.165, 1.54) is 0 Å². The van der Waals surface area contributed by atoms with Crippen LogP contribution in [-0.4, -0.2) is 35.8 Å². The van der Waals surface area contributed by atoms with Gasteiger partial charge in [-0.05, 0) is 58.8 Å². The highest BCUT2D eigenvalue weighted by atomic mass is 35.5. The second-order valence-electron chi connectivity index (χ2n) is 7.63. The molecule has 0 saturated carbocycles. The molecule has 1 amide bonds. The molecule has 8 heteroatoms. The molecule has 0 spiro atoms. The molecule has 0 saturated heterocycles. The minimum atomic E-state index is -0.122. The molecule has 0 bridgehead atoms. The molecular weight excluding hydrogens is 424 g/mol. The van der Waals surface area contributed by atoms with Gasteiger partial charge in [0, 0.05) is 34.9 Å². The Bertz CT molecular complexity index is 1420. The van der Waals surface area contributed by atoms with Crippen molar-refractivity contribution in [1.82, 2.24) is 29.9 Å². The smallest absolute Gasteiger partial charge is 0.256 e. The van der Waals surface area contributed by atoms with Crippen LogP contribution in [0.4, 0.5) is 0 Å². The number of hydrogen-bond donors (Lipinski definition) is 0. The number of aryl methyl sites for hydroxylation is 1. The molecule has 0 fully saturated rings. The predicted octanol–water partition coefficient (Wildman–Crippen LogP) is 4.48. The van der Waals surface area contributed by atoms with Gasteiger partial charge < -0.3 is 4.90 Å². The lowest BCUT2D eigenvalue weighted by molar-refractivity contribution is 0.0730. The van der Waals surface area contributed by atoms with Gasteiger partial charge in [0.05, 0.1) is 17.6 Å². The van der Waals surface area contributed by atoms with Gasteiger partial charge in [-0.25, -0.2) is 0 Å². The van der Waals surface area contributed by atoms with Gasteiger partial charge in [0.1, 0.15) is 0 Å². The van der Waals surface area contributed by atoms with Crippen molar-refractivity contribution < 1.29 is 4.79 Å². The normalized spacial score (nSPS) is 11.2. The van der Waals surface area contributed by atoms with Crippen LogP contribution in [0.1, 0.15) is 27.0 Å². The molecule has 32 heavy (non-hydrogen) atoms. The van der Waals surface area contributed by atoms with Gasteiger partial charge >= 0.3 is 0 Å². The highest BCUT2D eigenvalue weighted by Gasteiger charge is 2.20. The molecule has 0 unspecified atom stereocenters. The van der Waals surface area contributed by atoms with E-state index >= 15 is 0 Å². The van der Waals surface area contributed by atoms with Crippen LogP contribution < -0.4 is 0 Å². The molecule has 0 aliphatic rings. The Morgan fingerprint density at radius 2 is 1.91 bits per heavy atom. The summed E-state index contributed by atoms with van der Waals surface area (Å²) in [6, 6.07) is 19.1. The summed E-state index contributed by atoms with van der Waals surface area (Å²) in [6.07, 6.45) is 3.23. The highest BCUT2D eigenvalue weighted by Crippen LogP contribution is 2.24. The Labute approximate surface area is 189 Å². The maximum atomic E-state index is 13.4. The third kappa shape index (κ3) is 3.78. The topological polar surface area (TPSA) is 76.3 Å². The van der Waals surface area contributed by atoms with Gasteiger partial charge in [-0.2, -0.15) is 4.52 Å². The van der Waals surface area contributed by atoms with Crippen molar-refractivity contribution >= 4 is 34.1 Å². The number of hydrogen-bond acceptors (Lipinski definition) is 5. The summed E-state index contributed by atoms with van der Waals surface area (Å²) in [5.74, 6) is -0.122. The average molecular weight is 443 g/mol. The summed E-state index contributed by atoms with van der Waals surface area (Å²) in [6.45, 7) is 2.77. The van der Waals surface area contributed by atoms with Crippen LogP contribution >= 0.6 is 11.6 Å². The van der Waals surface area contributed by atoms with E-state index < -0.39 is 0 Å². The van der Waals surface area contributed by atoms with Crippen LogP contribution in [0.3, 0.4) is 0 Å². The molecule has 5 rings (SSSR count). The Kier molecular flexibility index (Phi) is 5.25. The number of carbonyl (C=O) groups is 1. The molecular formula is C24H19ClN6O. The number of carbonyl (C=O) groups excluding carboxylic acids is 1. The van der Waals surface area contributed by atoms with Crippen molar-refractivity contribution in [2.24, 2.45) is 0 Å². The number of halogens is 1. The molecule has 158 valence electrons. The van der Waals surface area contributed by atoms with Crippen molar-refractivity contribution in [2.45, 2.75) is 20.0 Å². The monoisotopic (exact) mass is 442 g/mol. The van der Waals surface area contributed by atoms with E-state index in [9.17, 15) is 4.79 Å². The minimum Gasteiger partial charge on any atom is -0.330 e. The van der Waals surface area contributed by atoms with Gasteiger partial charge in [0.15, 0.2) is 5.65 Å². The SMILES string of the molecule is Cc1cccc2cc(CN(Cc3ccc(Cl)cc3)C(=O)c3cccnc3)c3nnnn3c12. The Hall–Kier alpha value is -3.84. The average Bonchev–Trinajstić information content (AvgIpc) is 3.30. The number of amides is 1. The third-order valence-electron chi connectivity index (χ3n) is 5.41. The fourth-order valence-electron chi connectivity index (χ4n) is 3.88. The Balaban J connectivity index is 1.58. The first kappa shape index (κ1) is 20.1. The van der Waals surface area contributed by atoms with Gasteiger partial charge in [-0.1, -0.05) is 41.9 Å². The first-order valence-corrected chi connectivity index (χ1v) is 10.5. The third-order valence-corrected chi connectivity index (χ3v) is 5.66. The number of rotatable bonds is 5. The van der Waals surface area contributed by atoms with Crippen LogP contribution in [0.5, 0.6) is 0 Å². The Morgan fingerprint density at radius 3 is 2.69 bits per heavy atom. The summed E-state index contributed by atoms with van der Waals surface area (Å²) in [5.41, 5.74) is 5.02. The van der Waals surface area contributed by atoms with E-state index in [0.29, 0.717) is 29.3 Å². The molecule has 0 aliphatic heterocycles. The van der Waals surface area contributed by atoms with Gasteiger partial charge in [0.2, 0.25) is 0 Å². The summed E-state index contributed by atoms with van der Waals surface area (Å²) in [7, 11) is 0. The van der Waals surface area contributed by atoms with Gasteiger partial charge in [-0.3, -0.25) is 9.78 Å². The second kappa shape index (κ2) is 8.36. The van der Waals surface area contributed by atoms with E-state index in [0.717, 1.165) is 27.6 Å². The number of para-hydroxylation sites is 1. The molecule has 3 aromatic heterocycles. The van der Waals surface area contributed by atoms with Gasteiger partial charge in [0.25, 0.3) is 5.91 Å². The zero-order chi connectivity index (χ0) is 22.1. The summed E-state index contributed by atoms with van der Waals surface area (Å²) >= 11 is 6.04. The number of nitrogens with zero attached hydrogens (tertiary/aromatic N) is 6. The number of tetrazole rings is 1. The van der Waals surface area contributed by atoms with Crippen LogP contribution in [0, 0.1) is 6.92 Å². The van der Waals surface area contributed by atoms with Crippen molar-refractivity contribution in [3.05, 3.63) is 100 Å².